The van der Waals surface area contributed by atoms with Crippen molar-refractivity contribution < 1.29 is 4.79 Å². The first-order chi connectivity index (χ1) is 8.22. The summed E-state index contributed by atoms with van der Waals surface area (Å²) in [4.78, 5) is 12.3. The van der Waals surface area contributed by atoms with Gasteiger partial charge in [0.2, 0.25) is 0 Å². The van der Waals surface area contributed by atoms with Crippen LogP contribution in [-0.2, 0) is 4.79 Å². The van der Waals surface area contributed by atoms with Gasteiger partial charge in [-0.05, 0) is 6.42 Å². The van der Waals surface area contributed by atoms with Crippen molar-refractivity contribution >= 4 is 5.78 Å². The van der Waals surface area contributed by atoms with Crippen molar-refractivity contribution in [1.82, 2.24) is 0 Å². The van der Waals surface area contributed by atoms with Crippen molar-refractivity contribution in [3.8, 4) is 0 Å². The van der Waals surface area contributed by atoms with Crippen LogP contribution in [0.4, 0.5) is 0 Å². The molecule has 0 bridgehead atoms. The second-order valence-electron chi connectivity index (χ2n) is 7.33. The van der Waals surface area contributed by atoms with E-state index in [1.165, 1.54) is 44.9 Å². The topological polar surface area (TPSA) is 17.1 Å². The molecule has 0 aliphatic rings. The van der Waals surface area contributed by atoms with Gasteiger partial charge in [0.1, 0.15) is 5.78 Å². The summed E-state index contributed by atoms with van der Waals surface area (Å²) >= 11 is 0. The van der Waals surface area contributed by atoms with Crippen molar-refractivity contribution in [3.05, 3.63) is 0 Å². The van der Waals surface area contributed by atoms with E-state index < -0.39 is 0 Å². The second kappa shape index (κ2) is 7.96. The largest absolute Gasteiger partial charge is 0.299 e. The van der Waals surface area contributed by atoms with Crippen LogP contribution >= 0.6 is 0 Å². The maximum Gasteiger partial charge on any atom is 0.143 e. The quantitative estimate of drug-likeness (QED) is 0.477. The number of carbonyl (C=O) groups excluding carboxylic acids is 1. The Labute approximate surface area is 115 Å². The lowest BCUT2D eigenvalue weighted by molar-refractivity contribution is -0.135. The molecule has 1 nitrogen and oxygen atoms in total. The van der Waals surface area contributed by atoms with Gasteiger partial charge in [-0.1, -0.05) is 86.5 Å². The molecule has 108 valence electrons. The maximum absolute atomic E-state index is 12.3. The number of Topliss-reactive ketones (excluding diaryl/α,β-unsaturated/α-hetero) is 1. The minimum absolute atomic E-state index is 0.151. The molecule has 0 aliphatic carbocycles. The van der Waals surface area contributed by atoms with Gasteiger partial charge in [0.25, 0.3) is 0 Å². The second-order valence-corrected chi connectivity index (χ2v) is 7.33. The van der Waals surface area contributed by atoms with E-state index in [2.05, 4.69) is 20.8 Å². The van der Waals surface area contributed by atoms with Gasteiger partial charge in [-0.25, -0.2) is 0 Å². The van der Waals surface area contributed by atoms with E-state index in [0.717, 1.165) is 6.42 Å². The Balaban J connectivity index is 3.81. The van der Waals surface area contributed by atoms with Crippen molar-refractivity contribution in [2.75, 3.05) is 0 Å². The highest BCUT2D eigenvalue weighted by Gasteiger charge is 2.35. The van der Waals surface area contributed by atoms with Crippen molar-refractivity contribution in [3.63, 3.8) is 0 Å². The smallest absolute Gasteiger partial charge is 0.143 e. The molecular weight excluding hydrogens is 220 g/mol. The lowest BCUT2D eigenvalue weighted by atomic mass is 9.72. The van der Waals surface area contributed by atoms with Crippen LogP contribution in [0.1, 0.15) is 92.9 Å². The molecule has 0 unspecified atom stereocenters. The summed E-state index contributed by atoms with van der Waals surface area (Å²) in [5.41, 5.74) is -0.355. The standard InChI is InChI=1S/C17H34O/c1-7-8-9-10-11-12-13-14-17(5,6)15(18)16(2,3)4/h7-14H2,1-6H3. The average Bonchev–Trinajstić information content (AvgIpc) is 2.25. The molecule has 0 N–H and O–H groups in total. The van der Waals surface area contributed by atoms with Crippen LogP contribution in [0.25, 0.3) is 0 Å². The summed E-state index contributed by atoms with van der Waals surface area (Å²) in [6.07, 6.45) is 10.3. The van der Waals surface area contributed by atoms with Gasteiger partial charge in [0.05, 0.1) is 0 Å². The normalized spacial score (nSPS) is 12.8. The number of hydrogen-bond donors (Lipinski definition) is 0. The first-order valence-electron chi connectivity index (χ1n) is 7.76. The molecule has 0 heterocycles. The summed E-state index contributed by atoms with van der Waals surface area (Å²) in [7, 11) is 0. The van der Waals surface area contributed by atoms with E-state index in [1.807, 2.05) is 20.8 Å². The molecule has 0 fully saturated rings. The Kier molecular flexibility index (Phi) is 7.82. The minimum Gasteiger partial charge on any atom is -0.299 e. The Morgan fingerprint density at radius 2 is 1.22 bits per heavy atom. The summed E-state index contributed by atoms with van der Waals surface area (Å²) < 4.78 is 0. The molecular formula is C17H34O. The van der Waals surface area contributed by atoms with Crippen LogP contribution in [-0.4, -0.2) is 5.78 Å². The highest BCUT2D eigenvalue weighted by Crippen LogP contribution is 2.33. The predicted molar refractivity (Wildman–Crippen MR) is 80.9 cm³/mol. The molecule has 0 amide bonds. The molecule has 0 aliphatic heterocycles. The molecule has 0 saturated heterocycles. The van der Waals surface area contributed by atoms with E-state index in [4.69, 9.17) is 0 Å². The lowest BCUT2D eigenvalue weighted by Crippen LogP contribution is -2.34. The van der Waals surface area contributed by atoms with Crippen molar-refractivity contribution in [2.24, 2.45) is 10.8 Å². The van der Waals surface area contributed by atoms with Crippen LogP contribution in [0.3, 0.4) is 0 Å². The number of carbonyl (C=O) groups is 1. The van der Waals surface area contributed by atoms with E-state index in [1.54, 1.807) is 0 Å². The SMILES string of the molecule is CCCCCCCCCC(C)(C)C(=O)C(C)(C)C. The first-order valence-corrected chi connectivity index (χ1v) is 7.76. The molecule has 0 radical (unpaired) electrons. The third-order valence-corrected chi connectivity index (χ3v) is 3.70. The summed E-state index contributed by atoms with van der Waals surface area (Å²) in [5.74, 6) is 0.404. The van der Waals surface area contributed by atoms with Gasteiger partial charge in [0, 0.05) is 10.8 Å². The van der Waals surface area contributed by atoms with Gasteiger partial charge < -0.3 is 0 Å². The number of hydrogen-bond acceptors (Lipinski definition) is 1. The van der Waals surface area contributed by atoms with E-state index in [0.29, 0.717) is 5.78 Å². The lowest BCUT2D eigenvalue weighted by Gasteiger charge is -2.30. The first kappa shape index (κ1) is 17.7. The van der Waals surface area contributed by atoms with Gasteiger partial charge >= 0.3 is 0 Å². The molecule has 0 aromatic heterocycles. The van der Waals surface area contributed by atoms with Crippen LogP contribution in [0.5, 0.6) is 0 Å². The highest BCUT2D eigenvalue weighted by molar-refractivity contribution is 5.88. The molecule has 0 aromatic carbocycles. The van der Waals surface area contributed by atoms with Gasteiger partial charge in [-0.2, -0.15) is 0 Å². The fourth-order valence-corrected chi connectivity index (χ4v) is 2.65. The minimum atomic E-state index is -0.204. The molecule has 0 saturated carbocycles. The molecule has 0 aromatic rings. The Bertz CT molecular complexity index is 232. The average molecular weight is 254 g/mol. The number of unbranched alkanes of at least 4 members (excludes halogenated alkanes) is 6. The predicted octanol–water partition coefficient (Wildman–Crippen LogP) is 5.77. The fourth-order valence-electron chi connectivity index (χ4n) is 2.65. The maximum atomic E-state index is 12.3. The molecule has 18 heavy (non-hydrogen) atoms. The zero-order chi connectivity index (χ0) is 14.2. The molecule has 0 atom stereocenters. The van der Waals surface area contributed by atoms with Crippen molar-refractivity contribution in [1.29, 1.82) is 0 Å². The molecule has 1 heteroatoms. The molecule has 0 spiro atoms. The molecule has 0 rings (SSSR count). The van der Waals surface area contributed by atoms with E-state index in [9.17, 15) is 4.79 Å². The summed E-state index contributed by atoms with van der Waals surface area (Å²) in [6.45, 7) is 12.6. The van der Waals surface area contributed by atoms with Crippen LogP contribution < -0.4 is 0 Å². The monoisotopic (exact) mass is 254 g/mol. The summed E-state index contributed by atoms with van der Waals surface area (Å²) in [5, 5.41) is 0. The van der Waals surface area contributed by atoms with Crippen molar-refractivity contribution in [2.45, 2.75) is 92.9 Å². The zero-order valence-electron chi connectivity index (χ0n) is 13.6. The Hall–Kier alpha value is -0.330. The van der Waals surface area contributed by atoms with E-state index in [-0.39, 0.29) is 10.8 Å². The van der Waals surface area contributed by atoms with E-state index >= 15 is 0 Å². The van der Waals surface area contributed by atoms with Crippen LogP contribution in [0.15, 0.2) is 0 Å². The number of ketones is 1. The van der Waals surface area contributed by atoms with Gasteiger partial charge in [0.15, 0.2) is 0 Å². The van der Waals surface area contributed by atoms with Crippen LogP contribution in [0, 0.1) is 10.8 Å². The fraction of sp³-hybridized carbons (Fsp3) is 0.941. The Morgan fingerprint density at radius 3 is 1.67 bits per heavy atom. The Morgan fingerprint density at radius 1 is 0.778 bits per heavy atom. The third-order valence-electron chi connectivity index (χ3n) is 3.70. The summed E-state index contributed by atoms with van der Waals surface area (Å²) in [6, 6.07) is 0. The third kappa shape index (κ3) is 7.18. The van der Waals surface area contributed by atoms with Gasteiger partial charge in [-0.3, -0.25) is 4.79 Å². The number of rotatable bonds is 9. The van der Waals surface area contributed by atoms with Crippen LogP contribution in [0.2, 0.25) is 0 Å². The van der Waals surface area contributed by atoms with Gasteiger partial charge in [-0.15, -0.1) is 0 Å². The zero-order valence-corrected chi connectivity index (χ0v) is 13.6. The highest BCUT2D eigenvalue weighted by atomic mass is 16.1.